The van der Waals surface area contributed by atoms with Gasteiger partial charge in [0.15, 0.2) is 17.4 Å². The number of phenols is 1. The number of aromatic hydroxyl groups is 1. The second kappa shape index (κ2) is 11.2. The lowest BCUT2D eigenvalue weighted by Crippen LogP contribution is -2.57. The zero-order chi connectivity index (χ0) is 25.7. The second-order valence-electron chi connectivity index (χ2n) is 8.45. The number of hydrogen-bond donors (Lipinski definition) is 2. The summed E-state index contributed by atoms with van der Waals surface area (Å²) >= 11 is 0. The van der Waals surface area contributed by atoms with Crippen LogP contribution in [0.3, 0.4) is 0 Å². The van der Waals surface area contributed by atoms with Crippen LogP contribution in [0.5, 0.6) is 17.2 Å². The van der Waals surface area contributed by atoms with Gasteiger partial charge in [-0.05, 0) is 55.8 Å². The van der Waals surface area contributed by atoms with E-state index in [0.29, 0.717) is 31.2 Å². The monoisotopic (exact) mass is 496 g/mol. The quantitative estimate of drug-likeness (QED) is 0.444. The molecule has 1 fully saturated rings. The highest BCUT2D eigenvalue weighted by Gasteiger charge is 2.42. The van der Waals surface area contributed by atoms with Crippen molar-refractivity contribution in [2.24, 2.45) is 10.9 Å². The minimum Gasteiger partial charge on any atom is -0.504 e. The molecule has 2 aromatic rings. The summed E-state index contributed by atoms with van der Waals surface area (Å²) in [7, 11) is 1.64. The molecular formula is C26H32N4O6. The van der Waals surface area contributed by atoms with Crippen molar-refractivity contribution in [1.82, 2.24) is 10.2 Å². The average molecular weight is 497 g/mol. The van der Waals surface area contributed by atoms with Crippen LogP contribution in [-0.4, -0.2) is 74.3 Å². The fraction of sp³-hybridized carbons (Fsp3) is 0.423. The highest BCUT2D eigenvalue weighted by molar-refractivity contribution is 6.08. The van der Waals surface area contributed by atoms with E-state index in [1.54, 1.807) is 26.2 Å². The second-order valence-corrected chi connectivity index (χ2v) is 8.45. The summed E-state index contributed by atoms with van der Waals surface area (Å²) in [6, 6.07) is 11.9. The minimum atomic E-state index is -1.15. The van der Waals surface area contributed by atoms with Crippen molar-refractivity contribution in [3.05, 3.63) is 48.0 Å². The smallest absolute Gasteiger partial charge is 0.321 e. The van der Waals surface area contributed by atoms with E-state index in [4.69, 9.17) is 19.2 Å². The molecule has 0 bridgehead atoms. The predicted molar refractivity (Wildman–Crippen MR) is 134 cm³/mol. The summed E-state index contributed by atoms with van der Waals surface area (Å²) in [6.45, 7) is 6.77. The van der Waals surface area contributed by atoms with Crippen LogP contribution in [0.1, 0.15) is 25.5 Å². The van der Waals surface area contributed by atoms with Crippen LogP contribution < -0.4 is 19.7 Å². The van der Waals surface area contributed by atoms with Gasteiger partial charge >= 0.3 is 5.97 Å². The number of guanidine groups is 1. The molecule has 2 atom stereocenters. The maximum atomic E-state index is 13.1. The number of piperazine rings is 1. The normalized spacial score (nSPS) is 19.9. The third-order valence-electron chi connectivity index (χ3n) is 6.28. The molecule has 2 heterocycles. The van der Waals surface area contributed by atoms with Crippen LogP contribution in [0, 0.1) is 5.92 Å². The lowest BCUT2D eigenvalue weighted by atomic mass is 9.91. The molecule has 1 saturated heterocycles. The first-order chi connectivity index (χ1) is 17.4. The Hall–Kier alpha value is -3.95. The van der Waals surface area contributed by atoms with E-state index in [-0.39, 0.29) is 18.1 Å². The van der Waals surface area contributed by atoms with Crippen molar-refractivity contribution in [3.63, 3.8) is 0 Å². The van der Waals surface area contributed by atoms with Crippen LogP contribution >= 0.6 is 0 Å². The van der Waals surface area contributed by atoms with Gasteiger partial charge in [-0.2, -0.15) is 0 Å². The summed E-state index contributed by atoms with van der Waals surface area (Å²) in [4.78, 5) is 35.0. The van der Waals surface area contributed by atoms with Crippen LogP contribution in [0.15, 0.2) is 47.5 Å². The molecule has 10 nitrogen and oxygen atoms in total. The standard InChI is InChI=1S/C26H32N4O6/c1-4-35-21-16-17(6-11-20(21)31)23-22(25(33)36-5-2)24(32)28-26(27-23)30-14-12-29(13-15-30)18-7-9-19(34-3)10-8-18/h6-11,16,22-23,31H,4-5,12-15H2,1-3H3,(H,27,28,32). The lowest BCUT2D eigenvalue weighted by molar-refractivity contribution is -0.153. The zero-order valence-corrected chi connectivity index (χ0v) is 20.8. The van der Waals surface area contributed by atoms with E-state index in [1.165, 1.54) is 6.07 Å². The Morgan fingerprint density at radius 1 is 1.06 bits per heavy atom. The fourth-order valence-corrected chi connectivity index (χ4v) is 4.42. The number of aliphatic imine (C=N–C) groups is 1. The number of nitrogens with zero attached hydrogens (tertiary/aromatic N) is 3. The highest BCUT2D eigenvalue weighted by atomic mass is 16.5. The number of rotatable bonds is 7. The van der Waals surface area contributed by atoms with Crippen LogP contribution in [0.4, 0.5) is 5.69 Å². The average Bonchev–Trinajstić information content (AvgIpc) is 2.90. The SMILES string of the molecule is CCOC(=O)C1C(=O)NC(N2CCN(c3ccc(OC)cc3)CC2)=NC1c1ccc(O)c(OCC)c1. The van der Waals surface area contributed by atoms with E-state index in [0.717, 1.165) is 24.5 Å². The maximum absolute atomic E-state index is 13.1. The number of ether oxygens (including phenoxy) is 3. The third-order valence-corrected chi connectivity index (χ3v) is 6.28. The number of carbonyl (C=O) groups excluding carboxylic acids is 2. The number of methoxy groups -OCH3 is 1. The van der Waals surface area contributed by atoms with E-state index >= 15 is 0 Å². The van der Waals surface area contributed by atoms with E-state index in [1.807, 2.05) is 36.1 Å². The Bertz CT molecular complexity index is 1110. The van der Waals surface area contributed by atoms with Gasteiger partial charge < -0.3 is 29.1 Å². The molecule has 10 heteroatoms. The molecule has 2 unspecified atom stereocenters. The summed E-state index contributed by atoms with van der Waals surface area (Å²) in [5.41, 5.74) is 1.68. The van der Waals surface area contributed by atoms with Gasteiger partial charge in [0, 0.05) is 31.9 Å². The van der Waals surface area contributed by atoms with Crippen LogP contribution in [0.25, 0.3) is 0 Å². The van der Waals surface area contributed by atoms with Crippen molar-refractivity contribution in [1.29, 1.82) is 0 Å². The number of hydrogen-bond acceptors (Lipinski definition) is 9. The largest absolute Gasteiger partial charge is 0.504 e. The van der Waals surface area contributed by atoms with Gasteiger partial charge in [0.25, 0.3) is 0 Å². The van der Waals surface area contributed by atoms with E-state index in [9.17, 15) is 14.7 Å². The van der Waals surface area contributed by atoms with Gasteiger partial charge in [0.1, 0.15) is 11.8 Å². The molecule has 0 spiro atoms. The first-order valence-electron chi connectivity index (χ1n) is 12.1. The Labute approximate surface area is 210 Å². The van der Waals surface area contributed by atoms with Crippen molar-refractivity contribution in [3.8, 4) is 17.2 Å². The maximum Gasteiger partial charge on any atom is 0.321 e. The summed E-state index contributed by atoms with van der Waals surface area (Å²) in [6.07, 6.45) is 0. The van der Waals surface area contributed by atoms with Gasteiger partial charge in [0.2, 0.25) is 11.9 Å². The lowest BCUT2D eigenvalue weighted by Gasteiger charge is -2.39. The number of carbonyl (C=O) groups is 2. The topological polar surface area (TPSA) is 113 Å². The molecule has 0 radical (unpaired) electrons. The number of benzene rings is 2. The van der Waals surface area contributed by atoms with Crippen LogP contribution in [-0.2, 0) is 14.3 Å². The third kappa shape index (κ3) is 5.32. The zero-order valence-electron chi connectivity index (χ0n) is 20.8. The molecule has 2 aliphatic heterocycles. The van der Waals surface area contributed by atoms with Crippen molar-refractivity contribution < 1.29 is 28.9 Å². The van der Waals surface area contributed by atoms with Crippen LogP contribution in [0.2, 0.25) is 0 Å². The molecule has 0 aromatic heterocycles. The first kappa shape index (κ1) is 25.2. The molecular weight excluding hydrogens is 464 g/mol. The Morgan fingerprint density at radius 3 is 2.39 bits per heavy atom. The number of nitrogens with one attached hydrogen (secondary N) is 1. The molecule has 36 heavy (non-hydrogen) atoms. The van der Waals surface area contributed by atoms with E-state index < -0.39 is 23.8 Å². The molecule has 4 rings (SSSR count). The molecule has 192 valence electrons. The molecule has 1 amide bonds. The van der Waals surface area contributed by atoms with Gasteiger partial charge in [-0.25, -0.2) is 4.99 Å². The molecule has 2 aromatic carbocycles. The summed E-state index contributed by atoms with van der Waals surface area (Å²) < 4.78 is 15.9. The van der Waals surface area contributed by atoms with Crippen molar-refractivity contribution in [2.75, 3.05) is 51.4 Å². The summed E-state index contributed by atoms with van der Waals surface area (Å²) in [5.74, 6) is -0.772. The van der Waals surface area contributed by atoms with Gasteiger partial charge in [-0.3, -0.25) is 14.9 Å². The molecule has 2 aliphatic rings. The summed E-state index contributed by atoms with van der Waals surface area (Å²) in [5, 5.41) is 12.9. The molecule has 0 saturated carbocycles. The molecule has 0 aliphatic carbocycles. The Balaban J connectivity index is 1.57. The minimum absolute atomic E-state index is 0.0209. The van der Waals surface area contributed by atoms with Crippen molar-refractivity contribution >= 4 is 23.5 Å². The van der Waals surface area contributed by atoms with Gasteiger partial charge in [-0.1, -0.05) is 6.07 Å². The highest BCUT2D eigenvalue weighted by Crippen LogP contribution is 2.36. The number of amides is 1. The first-order valence-corrected chi connectivity index (χ1v) is 12.1. The number of phenolic OH excluding ortho intramolecular Hbond substituents is 1. The van der Waals surface area contributed by atoms with Crippen molar-refractivity contribution in [2.45, 2.75) is 19.9 Å². The number of esters is 1. The molecule has 2 N–H and O–H groups in total. The fourth-order valence-electron chi connectivity index (χ4n) is 4.42. The predicted octanol–water partition coefficient (Wildman–Crippen LogP) is 2.33. The number of anilines is 1. The van der Waals surface area contributed by atoms with Gasteiger partial charge in [0.05, 0.1) is 20.3 Å². The van der Waals surface area contributed by atoms with Gasteiger partial charge in [-0.15, -0.1) is 0 Å². The Morgan fingerprint density at radius 2 is 1.75 bits per heavy atom. The van der Waals surface area contributed by atoms with E-state index in [2.05, 4.69) is 10.2 Å². The Kier molecular flexibility index (Phi) is 7.82.